The molecule has 2 aliphatic heterocycles. The van der Waals surface area contributed by atoms with E-state index in [2.05, 4.69) is 4.99 Å². The van der Waals surface area contributed by atoms with Crippen LogP contribution < -0.4 is 0 Å². The minimum absolute atomic E-state index is 0.444. The topological polar surface area (TPSA) is 21.6 Å². The Kier molecular flexibility index (Phi) is 0.551. The third-order valence-corrected chi connectivity index (χ3v) is 1.51. The molecular formula is C5H7NO. The van der Waals surface area contributed by atoms with Gasteiger partial charge in [0.1, 0.15) is 0 Å². The highest BCUT2D eigenvalue weighted by Gasteiger charge is 2.29. The fraction of sp³-hybridized carbons (Fsp3) is 0.800. The predicted molar refractivity (Wildman–Crippen MR) is 26.7 cm³/mol. The molecule has 0 spiro atoms. The highest BCUT2D eigenvalue weighted by atomic mass is 16.5. The van der Waals surface area contributed by atoms with Crippen molar-refractivity contribution in [1.29, 1.82) is 0 Å². The van der Waals surface area contributed by atoms with Gasteiger partial charge in [0.15, 0.2) is 0 Å². The van der Waals surface area contributed by atoms with Crippen molar-refractivity contribution in [1.82, 2.24) is 0 Å². The summed E-state index contributed by atoms with van der Waals surface area (Å²) in [5.41, 5.74) is 1.29. The standard InChI is InChI=1S/C5H7NO/c1-2-6-4-3-7-5(1)4/h5H,1-3H2. The number of hydrogen-bond acceptors (Lipinski definition) is 2. The van der Waals surface area contributed by atoms with Crippen LogP contribution in [0, 0.1) is 0 Å². The van der Waals surface area contributed by atoms with E-state index < -0.39 is 0 Å². The monoisotopic (exact) mass is 97.1 g/mol. The maximum absolute atomic E-state index is 5.12. The first-order valence-electron chi connectivity index (χ1n) is 2.61. The van der Waals surface area contributed by atoms with E-state index in [1.807, 2.05) is 0 Å². The number of ether oxygens (including phenoxy) is 1. The normalized spacial score (nSPS) is 36.6. The van der Waals surface area contributed by atoms with Crippen LogP contribution >= 0.6 is 0 Å². The van der Waals surface area contributed by atoms with Gasteiger partial charge in [-0.15, -0.1) is 0 Å². The van der Waals surface area contributed by atoms with Gasteiger partial charge < -0.3 is 4.74 Å². The quantitative estimate of drug-likeness (QED) is 0.424. The molecule has 0 aromatic rings. The molecule has 0 radical (unpaired) electrons. The third kappa shape index (κ3) is 0.347. The van der Waals surface area contributed by atoms with Gasteiger partial charge in [-0.25, -0.2) is 0 Å². The van der Waals surface area contributed by atoms with Gasteiger partial charge in [-0.2, -0.15) is 0 Å². The molecule has 38 valence electrons. The van der Waals surface area contributed by atoms with Crippen LogP contribution in [0.3, 0.4) is 0 Å². The van der Waals surface area contributed by atoms with E-state index in [0.717, 1.165) is 19.6 Å². The minimum Gasteiger partial charge on any atom is -0.366 e. The lowest BCUT2D eigenvalue weighted by Gasteiger charge is -2.22. The van der Waals surface area contributed by atoms with Crippen LogP contribution in [-0.4, -0.2) is 25.0 Å². The molecule has 0 aromatic carbocycles. The fourth-order valence-electron chi connectivity index (χ4n) is 0.999. The summed E-state index contributed by atoms with van der Waals surface area (Å²) >= 11 is 0. The van der Waals surface area contributed by atoms with Gasteiger partial charge in [-0.1, -0.05) is 0 Å². The summed E-state index contributed by atoms with van der Waals surface area (Å²) < 4.78 is 5.12. The zero-order valence-corrected chi connectivity index (χ0v) is 4.05. The fourth-order valence-corrected chi connectivity index (χ4v) is 0.999. The molecule has 0 aliphatic carbocycles. The number of rotatable bonds is 0. The van der Waals surface area contributed by atoms with Crippen molar-refractivity contribution in [2.24, 2.45) is 4.99 Å². The number of nitrogens with zero attached hydrogens (tertiary/aromatic N) is 1. The Morgan fingerprint density at radius 3 is 3.00 bits per heavy atom. The van der Waals surface area contributed by atoms with Crippen molar-refractivity contribution in [3.05, 3.63) is 0 Å². The zero-order valence-electron chi connectivity index (χ0n) is 4.05. The Morgan fingerprint density at radius 1 is 1.71 bits per heavy atom. The molecule has 2 aliphatic rings. The van der Waals surface area contributed by atoms with Crippen LogP contribution in [0.2, 0.25) is 0 Å². The molecule has 1 atom stereocenters. The van der Waals surface area contributed by atoms with E-state index in [1.54, 1.807) is 0 Å². The van der Waals surface area contributed by atoms with Crippen LogP contribution in [0.15, 0.2) is 4.99 Å². The molecule has 7 heavy (non-hydrogen) atoms. The molecule has 0 bridgehead atoms. The predicted octanol–water partition coefficient (Wildman–Crippen LogP) is 0.230. The van der Waals surface area contributed by atoms with E-state index in [0.29, 0.717) is 6.10 Å². The molecule has 1 unspecified atom stereocenters. The Hall–Kier alpha value is -0.370. The lowest BCUT2D eigenvalue weighted by molar-refractivity contribution is 0.0786. The van der Waals surface area contributed by atoms with Gasteiger partial charge in [0.05, 0.1) is 18.4 Å². The number of aliphatic imine (C=N–C) groups is 1. The molecule has 1 saturated heterocycles. The third-order valence-electron chi connectivity index (χ3n) is 1.51. The smallest absolute Gasteiger partial charge is 0.0997 e. The van der Waals surface area contributed by atoms with Crippen LogP contribution in [0.1, 0.15) is 6.42 Å². The van der Waals surface area contributed by atoms with Gasteiger partial charge >= 0.3 is 0 Å². The molecule has 0 aromatic heterocycles. The van der Waals surface area contributed by atoms with E-state index in [4.69, 9.17) is 4.74 Å². The summed E-state index contributed by atoms with van der Waals surface area (Å²) in [6, 6.07) is 0. The maximum atomic E-state index is 5.12. The molecule has 0 amide bonds. The average molecular weight is 97.1 g/mol. The van der Waals surface area contributed by atoms with Crippen LogP contribution in [0.4, 0.5) is 0 Å². The van der Waals surface area contributed by atoms with Crippen molar-refractivity contribution >= 4 is 5.71 Å². The molecule has 2 heteroatoms. The molecule has 0 N–H and O–H groups in total. The molecule has 2 nitrogen and oxygen atoms in total. The van der Waals surface area contributed by atoms with E-state index >= 15 is 0 Å². The summed E-state index contributed by atoms with van der Waals surface area (Å²) in [5, 5.41) is 0. The second-order valence-corrected chi connectivity index (χ2v) is 1.96. The Morgan fingerprint density at radius 2 is 2.71 bits per heavy atom. The first kappa shape index (κ1) is 3.61. The first-order valence-corrected chi connectivity index (χ1v) is 2.61. The largest absolute Gasteiger partial charge is 0.366 e. The van der Waals surface area contributed by atoms with Gasteiger partial charge in [0, 0.05) is 6.54 Å². The molecule has 1 fully saturated rings. The Balaban J connectivity index is 2.21. The van der Waals surface area contributed by atoms with Crippen molar-refractivity contribution in [2.45, 2.75) is 12.5 Å². The van der Waals surface area contributed by atoms with Gasteiger partial charge in [-0.05, 0) is 6.42 Å². The highest BCUT2D eigenvalue weighted by molar-refractivity contribution is 5.95. The van der Waals surface area contributed by atoms with Crippen molar-refractivity contribution < 1.29 is 4.74 Å². The molecule has 2 rings (SSSR count). The highest BCUT2D eigenvalue weighted by Crippen LogP contribution is 2.18. The average Bonchev–Trinajstić information content (AvgIpc) is 1.85. The van der Waals surface area contributed by atoms with Crippen molar-refractivity contribution in [3.8, 4) is 0 Å². The minimum atomic E-state index is 0.444. The zero-order chi connectivity index (χ0) is 4.69. The van der Waals surface area contributed by atoms with E-state index in [1.165, 1.54) is 5.71 Å². The number of fused-ring (bicyclic) bond motifs is 1. The maximum Gasteiger partial charge on any atom is 0.0997 e. The van der Waals surface area contributed by atoms with E-state index in [-0.39, 0.29) is 0 Å². The lowest BCUT2D eigenvalue weighted by Crippen LogP contribution is -2.36. The number of hydrogen-bond donors (Lipinski definition) is 0. The molecular weight excluding hydrogens is 90.1 g/mol. The summed E-state index contributed by atoms with van der Waals surface area (Å²) in [7, 11) is 0. The van der Waals surface area contributed by atoms with Crippen LogP contribution in [0.5, 0.6) is 0 Å². The summed E-state index contributed by atoms with van der Waals surface area (Å²) in [6.07, 6.45) is 1.58. The van der Waals surface area contributed by atoms with Gasteiger partial charge in [0.2, 0.25) is 0 Å². The first-order chi connectivity index (χ1) is 3.47. The van der Waals surface area contributed by atoms with Crippen molar-refractivity contribution in [3.63, 3.8) is 0 Å². The second-order valence-electron chi connectivity index (χ2n) is 1.96. The SMILES string of the molecule is C1CC2OCC2=N1. The van der Waals surface area contributed by atoms with Crippen molar-refractivity contribution in [2.75, 3.05) is 13.2 Å². The van der Waals surface area contributed by atoms with Gasteiger partial charge in [-0.3, -0.25) is 4.99 Å². The molecule has 2 heterocycles. The second kappa shape index (κ2) is 1.07. The van der Waals surface area contributed by atoms with Crippen LogP contribution in [-0.2, 0) is 4.74 Å². The summed E-state index contributed by atoms with van der Waals surface area (Å²) in [6.45, 7) is 1.81. The van der Waals surface area contributed by atoms with E-state index in [9.17, 15) is 0 Å². The lowest BCUT2D eigenvalue weighted by atomic mass is 10.1. The van der Waals surface area contributed by atoms with Gasteiger partial charge in [0.25, 0.3) is 0 Å². The summed E-state index contributed by atoms with van der Waals surface area (Å²) in [4.78, 5) is 4.20. The Labute approximate surface area is 42.2 Å². The summed E-state index contributed by atoms with van der Waals surface area (Å²) in [5.74, 6) is 0. The molecule has 0 saturated carbocycles. The van der Waals surface area contributed by atoms with Crippen LogP contribution in [0.25, 0.3) is 0 Å². The Bertz CT molecular complexity index is 119.